The number of nitrogens with one attached hydrogen (secondary N) is 1. The summed E-state index contributed by atoms with van der Waals surface area (Å²) < 4.78 is 5.14. The molecule has 25 heavy (non-hydrogen) atoms. The maximum atomic E-state index is 12.8. The Hall–Kier alpha value is -2.83. The summed E-state index contributed by atoms with van der Waals surface area (Å²) in [6.07, 6.45) is 3.18. The molecular weight excluding hydrogens is 320 g/mol. The first-order chi connectivity index (χ1) is 12.1. The average molecular weight is 342 g/mol. The number of benzene rings is 1. The molecule has 1 fully saturated rings. The van der Waals surface area contributed by atoms with Crippen LogP contribution >= 0.6 is 0 Å². The molecule has 1 saturated heterocycles. The summed E-state index contributed by atoms with van der Waals surface area (Å²) in [5, 5.41) is 6.80. The van der Waals surface area contributed by atoms with Crippen LogP contribution in [0, 0.1) is 0 Å². The van der Waals surface area contributed by atoms with Crippen LogP contribution in [0.4, 0.5) is 0 Å². The van der Waals surface area contributed by atoms with Gasteiger partial charge in [0.2, 0.25) is 5.91 Å². The molecule has 7 heteroatoms. The van der Waals surface area contributed by atoms with Crippen molar-refractivity contribution in [1.82, 2.24) is 15.1 Å². The third-order valence-corrected chi connectivity index (χ3v) is 4.55. The zero-order valence-corrected chi connectivity index (χ0v) is 14.2. The zero-order chi connectivity index (χ0) is 17.8. The quantitative estimate of drug-likeness (QED) is 0.865. The standard InChI is InChI=1S/C18H22N4O3/c1-25-13-7-5-12(6-8-13)10-17(23)22-9-3-2-4-16(22)14-11-15(18(19)24)21-20-14/h5-8,11,16H,2-4,9-10H2,1H3,(H2,19,24)(H,20,21). The summed E-state index contributed by atoms with van der Waals surface area (Å²) in [5.74, 6) is 0.253. The van der Waals surface area contributed by atoms with Crippen molar-refractivity contribution in [2.45, 2.75) is 31.7 Å². The molecule has 0 aliphatic carbocycles. The first-order valence-electron chi connectivity index (χ1n) is 8.36. The van der Waals surface area contributed by atoms with Gasteiger partial charge < -0.3 is 15.4 Å². The van der Waals surface area contributed by atoms with E-state index in [1.165, 1.54) is 0 Å². The zero-order valence-electron chi connectivity index (χ0n) is 14.2. The number of piperidine rings is 1. The van der Waals surface area contributed by atoms with Gasteiger partial charge in [-0.25, -0.2) is 0 Å². The van der Waals surface area contributed by atoms with E-state index in [1.54, 1.807) is 13.2 Å². The molecule has 1 aromatic heterocycles. The Bertz CT molecular complexity index is 754. The van der Waals surface area contributed by atoms with Gasteiger partial charge in [0, 0.05) is 6.54 Å². The highest BCUT2D eigenvalue weighted by Crippen LogP contribution is 2.30. The average Bonchev–Trinajstić information content (AvgIpc) is 3.12. The van der Waals surface area contributed by atoms with Crippen molar-refractivity contribution in [3.05, 3.63) is 47.3 Å². The number of methoxy groups -OCH3 is 1. The molecule has 2 aromatic rings. The molecule has 2 heterocycles. The molecule has 3 rings (SSSR count). The molecule has 1 unspecified atom stereocenters. The molecule has 2 amide bonds. The number of amides is 2. The van der Waals surface area contributed by atoms with Crippen LogP contribution in [-0.2, 0) is 11.2 Å². The number of H-pyrrole nitrogens is 1. The maximum Gasteiger partial charge on any atom is 0.269 e. The van der Waals surface area contributed by atoms with E-state index in [9.17, 15) is 9.59 Å². The number of aromatic nitrogens is 2. The smallest absolute Gasteiger partial charge is 0.269 e. The largest absolute Gasteiger partial charge is 0.497 e. The Morgan fingerprint density at radius 3 is 2.72 bits per heavy atom. The van der Waals surface area contributed by atoms with Crippen molar-refractivity contribution in [3.63, 3.8) is 0 Å². The van der Waals surface area contributed by atoms with Gasteiger partial charge in [-0.15, -0.1) is 0 Å². The van der Waals surface area contributed by atoms with Crippen molar-refractivity contribution in [2.75, 3.05) is 13.7 Å². The molecule has 1 atom stereocenters. The van der Waals surface area contributed by atoms with Crippen LogP contribution in [-0.4, -0.2) is 40.6 Å². The summed E-state index contributed by atoms with van der Waals surface area (Å²) in [6.45, 7) is 0.699. The maximum absolute atomic E-state index is 12.8. The molecule has 7 nitrogen and oxygen atoms in total. The topological polar surface area (TPSA) is 101 Å². The molecule has 1 aliphatic rings. The lowest BCUT2D eigenvalue weighted by atomic mass is 9.98. The fraction of sp³-hybridized carbons (Fsp3) is 0.389. The van der Waals surface area contributed by atoms with Crippen LogP contribution < -0.4 is 10.5 Å². The first-order valence-corrected chi connectivity index (χ1v) is 8.36. The number of rotatable bonds is 5. The van der Waals surface area contributed by atoms with E-state index >= 15 is 0 Å². The molecule has 0 radical (unpaired) electrons. The fourth-order valence-electron chi connectivity index (χ4n) is 3.21. The predicted octanol–water partition coefficient (Wildman–Crippen LogP) is 1.81. The van der Waals surface area contributed by atoms with Gasteiger partial charge in [0.1, 0.15) is 11.4 Å². The molecule has 0 bridgehead atoms. The van der Waals surface area contributed by atoms with Gasteiger partial charge in [-0.2, -0.15) is 5.10 Å². The van der Waals surface area contributed by atoms with Gasteiger partial charge in [-0.05, 0) is 43.0 Å². The van der Waals surface area contributed by atoms with Crippen molar-refractivity contribution >= 4 is 11.8 Å². The van der Waals surface area contributed by atoms with Gasteiger partial charge in [-0.1, -0.05) is 12.1 Å². The molecule has 1 aliphatic heterocycles. The first kappa shape index (κ1) is 17.0. The lowest BCUT2D eigenvalue weighted by Crippen LogP contribution is -2.39. The molecular formula is C18H22N4O3. The minimum Gasteiger partial charge on any atom is -0.497 e. The number of primary amides is 1. The number of nitrogens with zero attached hydrogens (tertiary/aromatic N) is 2. The Morgan fingerprint density at radius 1 is 1.32 bits per heavy atom. The third-order valence-electron chi connectivity index (χ3n) is 4.55. The number of carbonyl (C=O) groups is 2. The lowest BCUT2D eigenvalue weighted by Gasteiger charge is -2.35. The summed E-state index contributed by atoms with van der Waals surface area (Å²) in [5.41, 5.74) is 7.16. The van der Waals surface area contributed by atoms with Crippen LogP contribution in [0.1, 0.15) is 47.1 Å². The fourth-order valence-corrected chi connectivity index (χ4v) is 3.21. The van der Waals surface area contributed by atoms with E-state index < -0.39 is 5.91 Å². The number of hydrogen-bond acceptors (Lipinski definition) is 4. The van der Waals surface area contributed by atoms with E-state index in [0.717, 1.165) is 36.3 Å². The predicted molar refractivity (Wildman–Crippen MR) is 92.1 cm³/mol. The van der Waals surface area contributed by atoms with Crippen LogP contribution in [0.25, 0.3) is 0 Å². The molecule has 1 aromatic carbocycles. The van der Waals surface area contributed by atoms with E-state index in [0.29, 0.717) is 13.0 Å². The van der Waals surface area contributed by atoms with Crippen LogP contribution in [0.5, 0.6) is 5.75 Å². The Balaban J connectivity index is 1.74. The Morgan fingerprint density at radius 2 is 2.08 bits per heavy atom. The minimum atomic E-state index is -0.575. The van der Waals surface area contributed by atoms with Crippen LogP contribution in [0.15, 0.2) is 30.3 Å². The second-order valence-electron chi connectivity index (χ2n) is 6.20. The van der Waals surface area contributed by atoms with Crippen LogP contribution in [0.3, 0.4) is 0 Å². The summed E-state index contributed by atoms with van der Waals surface area (Å²) >= 11 is 0. The number of carbonyl (C=O) groups excluding carboxylic acids is 2. The number of likely N-dealkylation sites (tertiary alicyclic amines) is 1. The Kier molecular flexibility index (Phi) is 5.02. The number of nitrogens with two attached hydrogens (primary N) is 1. The van der Waals surface area contributed by atoms with Crippen molar-refractivity contribution in [1.29, 1.82) is 0 Å². The van der Waals surface area contributed by atoms with Gasteiger partial charge in [-0.3, -0.25) is 14.7 Å². The van der Waals surface area contributed by atoms with E-state index in [1.807, 2.05) is 29.2 Å². The van der Waals surface area contributed by atoms with Gasteiger partial charge in [0.25, 0.3) is 5.91 Å². The monoisotopic (exact) mass is 342 g/mol. The van der Waals surface area contributed by atoms with Crippen molar-refractivity contribution < 1.29 is 14.3 Å². The van der Waals surface area contributed by atoms with Crippen molar-refractivity contribution in [3.8, 4) is 5.75 Å². The van der Waals surface area contributed by atoms with Gasteiger partial charge in [0.05, 0.1) is 25.3 Å². The Labute approximate surface area is 146 Å². The number of ether oxygens (including phenoxy) is 1. The molecule has 0 spiro atoms. The second-order valence-corrected chi connectivity index (χ2v) is 6.20. The van der Waals surface area contributed by atoms with E-state index in [2.05, 4.69) is 10.2 Å². The third kappa shape index (κ3) is 3.81. The number of hydrogen-bond donors (Lipinski definition) is 2. The summed E-state index contributed by atoms with van der Waals surface area (Å²) in [7, 11) is 1.61. The van der Waals surface area contributed by atoms with Crippen LogP contribution in [0.2, 0.25) is 0 Å². The lowest BCUT2D eigenvalue weighted by molar-refractivity contribution is -0.134. The van der Waals surface area contributed by atoms with E-state index in [4.69, 9.17) is 10.5 Å². The molecule has 132 valence electrons. The molecule has 0 saturated carbocycles. The SMILES string of the molecule is COc1ccc(CC(=O)N2CCCCC2c2cc(C(N)=O)n[nH]2)cc1. The highest BCUT2D eigenvalue weighted by atomic mass is 16.5. The molecule has 3 N–H and O–H groups in total. The summed E-state index contributed by atoms with van der Waals surface area (Å²) in [4.78, 5) is 25.9. The normalized spacial score (nSPS) is 17.3. The minimum absolute atomic E-state index is 0.0603. The van der Waals surface area contributed by atoms with Gasteiger partial charge >= 0.3 is 0 Å². The highest BCUT2D eigenvalue weighted by molar-refractivity contribution is 5.90. The van der Waals surface area contributed by atoms with Gasteiger partial charge in [0.15, 0.2) is 0 Å². The van der Waals surface area contributed by atoms with Crippen molar-refractivity contribution in [2.24, 2.45) is 5.73 Å². The summed E-state index contributed by atoms with van der Waals surface area (Å²) in [6, 6.07) is 9.05. The second kappa shape index (κ2) is 7.38. The number of aromatic amines is 1. The van der Waals surface area contributed by atoms with E-state index in [-0.39, 0.29) is 17.6 Å². The highest BCUT2D eigenvalue weighted by Gasteiger charge is 2.29.